The van der Waals surface area contributed by atoms with Crippen molar-refractivity contribution in [3.63, 3.8) is 0 Å². The number of carbonyl (C=O) groups is 1. The van der Waals surface area contributed by atoms with E-state index in [4.69, 9.17) is 0 Å². The van der Waals surface area contributed by atoms with Gasteiger partial charge in [-0.25, -0.2) is 8.42 Å². The van der Waals surface area contributed by atoms with Crippen LogP contribution in [0.4, 0.5) is 0 Å². The van der Waals surface area contributed by atoms with Gasteiger partial charge in [0.2, 0.25) is 0 Å². The molecule has 2 aromatic rings. The third kappa shape index (κ3) is 3.41. The number of benzene rings is 1. The van der Waals surface area contributed by atoms with Crippen molar-refractivity contribution >= 4 is 42.6 Å². The quantitative estimate of drug-likeness (QED) is 0.716. The van der Waals surface area contributed by atoms with E-state index in [1.165, 1.54) is 25.5 Å². The Morgan fingerprint density at radius 2 is 1.86 bits per heavy atom. The van der Waals surface area contributed by atoms with Crippen molar-refractivity contribution in [2.45, 2.75) is 57.4 Å². The highest BCUT2D eigenvalue weighted by Gasteiger charge is 2.35. The van der Waals surface area contributed by atoms with Crippen molar-refractivity contribution in [1.29, 1.82) is 0 Å². The van der Waals surface area contributed by atoms with Gasteiger partial charge >= 0.3 is 0 Å². The average molecular weight is 467 g/mol. The predicted octanol–water partition coefficient (Wildman–Crippen LogP) is 4.58. The molecule has 3 atom stereocenters. The van der Waals surface area contributed by atoms with Crippen LogP contribution in [0.15, 0.2) is 22.7 Å². The van der Waals surface area contributed by atoms with Crippen LogP contribution in [-0.2, 0) is 9.84 Å². The molecule has 5 nitrogen and oxygen atoms in total. The average Bonchev–Trinajstić information content (AvgIpc) is 3.10. The molecule has 3 unspecified atom stereocenters. The summed E-state index contributed by atoms with van der Waals surface area (Å²) in [6, 6.07) is 5.89. The molecule has 2 fully saturated rings. The number of rotatable bonds is 4. The molecule has 28 heavy (non-hydrogen) atoms. The Balaban J connectivity index is 1.76. The van der Waals surface area contributed by atoms with Crippen LogP contribution in [0.5, 0.6) is 0 Å². The molecule has 0 aliphatic heterocycles. The fourth-order valence-corrected chi connectivity index (χ4v) is 6.46. The second-order valence-electron chi connectivity index (χ2n) is 8.58. The van der Waals surface area contributed by atoms with Crippen LogP contribution in [0, 0.1) is 18.8 Å². The monoisotopic (exact) mass is 466 g/mol. The smallest absolute Gasteiger partial charge is 0.253 e. The summed E-state index contributed by atoms with van der Waals surface area (Å²) in [5.74, 6) is 1.39. The Hall–Kier alpha value is -1.34. The maximum atomic E-state index is 13.3. The first-order valence-electron chi connectivity index (χ1n) is 9.95. The molecule has 152 valence electrons. The zero-order chi connectivity index (χ0) is 20.2. The normalized spacial score (nSPS) is 25.8. The van der Waals surface area contributed by atoms with Gasteiger partial charge in [0.15, 0.2) is 9.84 Å². The molecule has 0 radical (unpaired) electrons. The molecule has 2 aliphatic carbocycles. The number of amides is 1. The number of sulfone groups is 1. The van der Waals surface area contributed by atoms with E-state index in [1.54, 1.807) is 11.5 Å². The van der Waals surface area contributed by atoms with E-state index in [-0.39, 0.29) is 11.9 Å². The van der Waals surface area contributed by atoms with Crippen LogP contribution >= 0.6 is 15.9 Å². The third-order valence-corrected chi connectivity index (χ3v) is 8.74. The van der Waals surface area contributed by atoms with E-state index < -0.39 is 15.2 Å². The second kappa shape index (κ2) is 7.17. The summed E-state index contributed by atoms with van der Waals surface area (Å²) >= 11 is 3.55. The third-order valence-electron chi connectivity index (χ3n) is 6.65. The molecule has 1 N–H and O–H groups in total. The van der Waals surface area contributed by atoms with Gasteiger partial charge in [-0.3, -0.25) is 4.79 Å². The number of nitrogens with one attached hydrogen (secondary N) is 1. The van der Waals surface area contributed by atoms with Gasteiger partial charge in [0.05, 0.1) is 11.1 Å². The fraction of sp³-hybridized carbons (Fsp3) is 0.571. The molecule has 7 heteroatoms. The summed E-state index contributed by atoms with van der Waals surface area (Å²) in [5.41, 5.74) is 2.03. The van der Waals surface area contributed by atoms with Gasteiger partial charge in [-0.05, 0) is 66.9 Å². The lowest BCUT2D eigenvalue weighted by molar-refractivity contribution is 0.0919. The molecule has 1 aromatic carbocycles. The van der Waals surface area contributed by atoms with Crippen molar-refractivity contribution in [2.24, 2.45) is 11.8 Å². The minimum atomic E-state index is -3.32. The zero-order valence-electron chi connectivity index (χ0n) is 16.5. The van der Waals surface area contributed by atoms with Gasteiger partial charge in [0, 0.05) is 27.9 Å². The number of hydrogen-bond donors (Lipinski definition) is 1. The molecule has 2 saturated carbocycles. The standard InChI is InChI=1S/C21H27BrN2O3S/c1-12-19(21(25)23-16-10-14-7-8-15(9-14)11-16)17-5-4-6-18(22)20(17)24(12)13(2)28(3,26)27/h4-6,13-16H,7-11H2,1-3H3,(H,23,25). The lowest BCUT2D eigenvalue weighted by Crippen LogP contribution is -2.39. The van der Waals surface area contributed by atoms with Gasteiger partial charge in [-0.2, -0.15) is 0 Å². The van der Waals surface area contributed by atoms with Crippen LogP contribution in [0.3, 0.4) is 0 Å². The predicted molar refractivity (Wildman–Crippen MR) is 115 cm³/mol. The lowest BCUT2D eigenvalue weighted by Gasteiger charge is -2.28. The number of nitrogens with zero attached hydrogens (tertiary/aromatic N) is 1. The van der Waals surface area contributed by atoms with Crippen LogP contribution in [0.1, 0.15) is 60.5 Å². The number of carbonyl (C=O) groups excluding carboxylic acids is 1. The number of para-hydroxylation sites is 1. The Labute approximate surface area is 174 Å². The zero-order valence-corrected chi connectivity index (χ0v) is 18.9. The number of halogens is 1. The van der Waals surface area contributed by atoms with Crippen LogP contribution in [-0.4, -0.2) is 31.2 Å². The van der Waals surface area contributed by atoms with Crippen molar-refractivity contribution in [2.75, 3.05) is 6.26 Å². The minimum Gasteiger partial charge on any atom is -0.349 e. The van der Waals surface area contributed by atoms with E-state index in [2.05, 4.69) is 21.2 Å². The highest BCUT2D eigenvalue weighted by molar-refractivity contribution is 9.10. The van der Waals surface area contributed by atoms with E-state index in [0.29, 0.717) is 11.3 Å². The minimum absolute atomic E-state index is 0.0913. The maximum Gasteiger partial charge on any atom is 0.253 e. The molecular formula is C21H27BrN2O3S. The summed E-state index contributed by atoms with van der Waals surface area (Å²) in [7, 11) is -3.32. The Kier molecular flexibility index (Phi) is 5.11. The molecule has 2 aliphatic rings. The second-order valence-corrected chi connectivity index (χ2v) is 11.8. The van der Waals surface area contributed by atoms with Gasteiger partial charge < -0.3 is 9.88 Å². The van der Waals surface area contributed by atoms with Gasteiger partial charge in [0.1, 0.15) is 5.37 Å². The first-order chi connectivity index (χ1) is 13.2. The number of aromatic nitrogens is 1. The van der Waals surface area contributed by atoms with Crippen LogP contribution < -0.4 is 5.32 Å². The van der Waals surface area contributed by atoms with Crippen LogP contribution in [0.2, 0.25) is 0 Å². The Morgan fingerprint density at radius 1 is 1.21 bits per heavy atom. The summed E-state index contributed by atoms with van der Waals surface area (Å²) in [5, 5.41) is 3.30. The summed E-state index contributed by atoms with van der Waals surface area (Å²) in [4.78, 5) is 13.3. The van der Waals surface area contributed by atoms with E-state index in [0.717, 1.165) is 40.1 Å². The SMILES string of the molecule is Cc1c(C(=O)NC2CC3CCC(C3)C2)c2cccc(Br)c2n1C(C)S(C)(=O)=O. The fourth-order valence-electron chi connectivity index (χ4n) is 5.26. The largest absolute Gasteiger partial charge is 0.349 e. The molecule has 0 saturated heterocycles. The van der Waals surface area contributed by atoms with Gasteiger partial charge in [0.25, 0.3) is 5.91 Å². The maximum absolute atomic E-state index is 13.3. The summed E-state index contributed by atoms with van der Waals surface area (Å²) < 4.78 is 27.1. The number of fused-ring (bicyclic) bond motifs is 3. The van der Waals surface area contributed by atoms with E-state index in [9.17, 15) is 13.2 Å². The lowest BCUT2D eigenvalue weighted by atomic mass is 9.85. The Morgan fingerprint density at radius 3 is 2.46 bits per heavy atom. The molecule has 1 aromatic heterocycles. The topological polar surface area (TPSA) is 68.2 Å². The van der Waals surface area contributed by atoms with Crippen molar-refractivity contribution in [3.05, 3.63) is 33.9 Å². The first-order valence-corrected chi connectivity index (χ1v) is 12.7. The summed E-state index contributed by atoms with van der Waals surface area (Å²) in [6.07, 6.45) is 7.23. The highest BCUT2D eigenvalue weighted by atomic mass is 79.9. The molecule has 1 amide bonds. The van der Waals surface area contributed by atoms with Crippen molar-refractivity contribution < 1.29 is 13.2 Å². The highest BCUT2D eigenvalue weighted by Crippen LogP contribution is 2.42. The van der Waals surface area contributed by atoms with Crippen molar-refractivity contribution in [3.8, 4) is 0 Å². The number of hydrogen-bond acceptors (Lipinski definition) is 3. The van der Waals surface area contributed by atoms with Crippen molar-refractivity contribution in [1.82, 2.24) is 9.88 Å². The molecular weight excluding hydrogens is 440 g/mol. The summed E-state index contributed by atoms with van der Waals surface area (Å²) in [6.45, 7) is 3.51. The first kappa shape index (κ1) is 20.0. The van der Waals surface area contributed by atoms with E-state index >= 15 is 0 Å². The molecule has 4 rings (SSSR count). The molecule has 2 bridgehead atoms. The Bertz CT molecular complexity index is 1030. The van der Waals surface area contributed by atoms with E-state index in [1.807, 2.05) is 25.1 Å². The van der Waals surface area contributed by atoms with Gasteiger partial charge in [-0.15, -0.1) is 0 Å². The van der Waals surface area contributed by atoms with Crippen LogP contribution in [0.25, 0.3) is 10.9 Å². The molecule has 0 spiro atoms. The van der Waals surface area contributed by atoms with Gasteiger partial charge in [-0.1, -0.05) is 25.0 Å². The molecule has 1 heterocycles.